The fourth-order valence-electron chi connectivity index (χ4n) is 3.59. The monoisotopic (exact) mass is 258 g/mol. The molecule has 2 aliphatic rings. The van der Waals surface area contributed by atoms with Crippen molar-refractivity contribution >= 4 is 0 Å². The summed E-state index contributed by atoms with van der Waals surface area (Å²) in [5, 5.41) is 0. The van der Waals surface area contributed by atoms with E-state index in [4.69, 9.17) is 5.73 Å². The van der Waals surface area contributed by atoms with E-state index in [1.807, 2.05) is 0 Å². The van der Waals surface area contributed by atoms with Crippen molar-refractivity contribution in [2.75, 3.05) is 6.54 Å². The Labute approximate surface area is 117 Å². The molecule has 1 aliphatic heterocycles. The summed E-state index contributed by atoms with van der Waals surface area (Å²) in [4.78, 5) is 2.71. The third kappa shape index (κ3) is 2.70. The van der Waals surface area contributed by atoms with Crippen LogP contribution in [-0.2, 0) is 6.42 Å². The first kappa shape index (κ1) is 13.1. The van der Waals surface area contributed by atoms with Crippen molar-refractivity contribution < 1.29 is 0 Å². The first-order valence-corrected chi connectivity index (χ1v) is 7.90. The zero-order valence-corrected chi connectivity index (χ0v) is 12.0. The Kier molecular flexibility index (Phi) is 3.90. The Morgan fingerprint density at radius 3 is 2.68 bits per heavy atom. The van der Waals surface area contributed by atoms with Crippen LogP contribution in [0, 0.1) is 0 Å². The van der Waals surface area contributed by atoms with Crippen molar-refractivity contribution in [2.45, 2.75) is 63.6 Å². The zero-order valence-electron chi connectivity index (χ0n) is 12.0. The van der Waals surface area contributed by atoms with Crippen LogP contribution in [-0.4, -0.2) is 23.5 Å². The molecule has 1 aromatic carbocycles. The Morgan fingerprint density at radius 2 is 1.95 bits per heavy atom. The zero-order chi connectivity index (χ0) is 13.2. The minimum atomic E-state index is 0.302. The van der Waals surface area contributed by atoms with Gasteiger partial charge in [0.25, 0.3) is 0 Å². The molecule has 0 amide bonds. The lowest BCUT2D eigenvalue weighted by molar-refractivity contribution is 0.175. The van der Waals surface area contributed by atoms with Crippen molar-refractivity contribution in [1.29, 1.82) is 0 Å². The van der Waals surface area contributed by atoms with Gasteiger partial charge in [0.15, 0.2) is 0 Å². The molecule has 1 saturated heterocycles. The average molecular weight is 258 g/mol. The number of nitrogens with two attached hydrogens (primary N) is 1. The van der Waals surface area contributed by atoms with Crippen LogP contribution in [0.25, 0.3) is 0 Å². The lowest BCUT2D eigenvalue weighted by atomic mass is 9.91. The number of nitrogens with zero attached hydrogens (tertiary/aromatic N) is 1. The molecule has 2 unspecified atom stereocenters. The maximum Gasteiger partial charge on any atom is 0.0504 e. The van der Waals surface area contributed by atoms with Crippen LogP contribution in [0.3, 0.4) is 0 Å². The number of hydrogen-bond acceptors (Lipinski definition) is 2. The number of likely N-dealkylation sites (tertiary alicyclic amines) is 1. The highest BCUT2D eigenvalue weighted by molar-refractivity contribution is 5.32. The number of hydrogen-bond donors (Lipinski definition) is 1. The summed E-state index contributed by atoms with van der Waals surface area (Å²) in [6.45, 7) is 3.49. The molecule has 0 bridgehead atoms. The van der Waals surface area contributed by atoms with Gasteiger partial charge in [0.2, 0.25) is 0 Å². The fraction of sp³-hybridized carbons (Fsp3) is 0.647. The summed E-state index contributed by atoms with van der Waals surface area (Å²) in [6.07, 6.45) is 7.63. The third-order valence-corrected chi connectivity index (χ3v) is 4.74. The van der Waals surface area contributed by atoms with Gasteiger partial charge in [-0.1, -0.05) is 37.6 Å². The van der Waals surface area contributed by atoms with Crippen LogP contribution >= 0.6 is 0 Å². The lowest BCUT2D eigenvalue weighted by Gasteiger charge is -2.35. The quantitative estimate of drug-likeness (QED) is 0.901. The van der Waals surface area contributed by atoms with Crippen LogP contribution in [0.5, 0.6) is 0 Å². The van der Waals surface area contributed by atoms with Gasteiger partial charge in [0, 0.05) is 12.1 Å². The van der Waals surface area contributed by atoms with E-state index in [0.29, 0.717) is 12.1 Å². The maximum atomic E-state index is 6.55. The van der Waals surface area contributed by atoms with Crippen molar-refractivity contribution in [1.82, 2.24) is 4.90 Å². The van der Waals surface area contributed by atoms with Gasteiger partial charge in [-0.2, -0.15) is 0 Å². The van der Waals surface area contributed by atoms with Crippen molar-refractivity contribution in [2.24, 2.45) is 5.73 Å². The molecule has 1 aliphatic carbocycles. The molecule has 2 fully saturated rings. The minimum Gasteiger partial charge on any atom is -0.326 e. The largest absolute Gasteiger partial charge is 0.326 e. The molecule has 2 heteroatoms. The Balaban J connectivity index is 1.96. The number of aryl methyl sites for hydroxylation is 1. The van der Waals surface area contributed by atoms with E-state index in [-0.39, 0.29) is 0 Å². The molecule has 1 saturated carbocycles. The van der Waals surface area contributed by atoms with Crippen molar-refractivity contribution in [3.05, 3.63) is 35.4 Å². The molecule has 0 radical (unpaired) electrons. The second-order valence-electron chi connectivity index (χ2n) is 6.13. The molecule has 19 heavy (non-hydrogen) atoms. The summed E-state index contributed by atoms with van der Waals surface area (Å²) < 4.78 is 0. The molecule has 1 heterocycles. The van der Waals surface area contributed by atoms with E-state index >= 15 is 0 Å². The summed E-state index contributed by atoms with van der Waals surface area (Å²) in [5.41, 5.74) is 9.52. The first-order valence-electron chi connectivity index (χ1n) is 7.90. The predicted molar refractivity (Wildman–Crippen MR) is 80.1 cm³/mol. The average Bonchev–Trinajstić information content (AvgIpc) is 3.26. The van der Waals surface area contributed by atoms with Gasteiger partial charge in [0.1, 0.15) is 0 Å². The Morgan fingerprint density at radius 1 is 1.16 bits per heavy atom. The van der Waals surface area contributed by atoms with Gasteiger partial charge in [-0.3, -0.25) is 4.90 Å². The molecule has 0 spiro atoms. The molecule has 0 aromatic heterocycles. The molecule has 2 N–H and O–H groups in total. The summed E-state index contributed by atoms with van der Waals surface area (Å²) in [7, 11) is 0. The van der Waals surface area contributed by atoms with E-state index < -0.39 is 0 Å². The minimum absolute atomic E-state index is 0.302. The molecule has 1 aromatic rings. The molecular weight excluding hydrogens is 232 g/mol. The van der Waals surface area contributed by atoms with Gasteiger partial charge in [0.05, 0.1) is 6.04 Å². The predicted octanol–water partition coefficient (Wildman–Crippen LogP) is 3.27. The summed E-state index contributed by atoms with van der Waals surface area (Å²) in [5.74, 6) is 0. The highest BCUT2D eigenvalue weighted by atomic mass is 15.2. The van der Waals surface area contributed by atoms with Gasteiger partial charge < -0.3 is 5.73 Å². The van der Waals surface area contributed by atoms with E-state index in [1.165, 1.54) is 49.8 Å². The van der Waals surface area contributed by atoms with Crippen LogP contribution in [0.2, 0.25) is 0 Å². The normalized spacial score (nSPS) is 29.2. The highest BCUT2D eigenvalue weighted by Crippen LogP contribution is 2.39. The van der Waals surface area contributed by atoms with Gasteiger partial charge in [-0.15, -0.1) is 0 Å². The number of benzene rings is 1. The lowest BCUT2D eigenvalue weighted by Crippen LogP contribution is -2.41. The molecule has 2 nitrogen and oxygen atoms in total. The van der Waals surface area contributed by atoms with E-state index in [9.17, 15) is 0 Å². The standard InChI is InChI=1S/C17H26N2/c1-2-13-7-3-4-8-15(13)17-16(18)9-5-6-12-19(17)14-10-11-14/h3-4,7-8,14,16-17H,2,5-6,9-12,18H2,1H3. The topological polar surface area (TPSA) is 29.3 Å². The SMILES string of the molecule is CCc1ccccc1C1C(N)CCCCN1C1CC1. The van der Waals surface area contributed by atoms with E-state index in [1.54, 1.807) is 0 Å². The van der Waals surface area contributed by atoms with E-state index in [2.05, 4.69) is 36.1 Å². The molecule has 104 valence electrons. The van der Waals surface area contributed by atoms with Gasteiger partial charge in [-0.05, 0) is 49.8 Å². The maximum absolute atomic E-state index is 6.55. The smallest absolute Gasteiger partial charge is 0.0504 e. The fourth-order valence-corrected chi connectivity index (χ4v) is 3.59. The summed E-state index contributed by atoms with van der Waals surface area (Å²) >= 11 is 0. The third-order valence-electron chi connectivity index (χ3n) is 4.74. The molecule has 2 atom stereocenters. The second-order valence-corrected chi connectivity index (χ2v) is 6.13. The second kappa shape index (κ2) is 5.64. The highest BCUT2D eigenvalue weighted by Gasteiger charge is 2.38. The van der Waals surface area contributed by atoms with Crippen LogP contribution in [0.15, 0.2) is 24.3 Å². The van der Waals surface area contributed by atoms with Crippen LogP contribution in [0.4, 0.5) is 0 Å². The summed E-state index contributed by atoms with van der Waals surface area (Å²) in [6, 6.07) is 10.5. The van der Waals surface area contributed by atoms with Crippen molar-refractivity contribution in [3.8, 4) is 0 Å². The molecular formula is C17H26N2. The van der Waals surface area contributed by atoms with Crippen molar-refractivity contribution in [3.63, 3.8) is 0 Å². The Hall–Kier alpha value is -0.860. The van der Waals surface area contributed by atoms with E-state index in [0.717, 1.165) is 12.5 Å². The van der Waals surface area contributed by atoms with Crippen LogP contribution in [0.1, 0.15) is 56.2 Å². The van der Waals surface area contributed by atoms with Gasteiger partial charge >= 0.3 is 0 Å². The molecule has 3 rings (SSSR count). The van der Waals surface area contributed by atoms with Crippen LogP contribution < -0.4 is 5.73 Å². The number of rotatable bonds is 3. The Bertz CT molecular complexity index is 425. The first-order chi connectivity index (χ1) is 9.31. The van der Waals surface area contributed by atoms with Gasteiger partial charge in [-0.25, -0.2) is 0 Å².